The van der Waals surface area contributed by atoms with Crippen LogP contribution in [-0.2, 0) is 0 Å². The van der Waals surface area contributed by atoms with Gasteiger partial charge < -0.3 is 10.2 Å². The highest BCUT2D eigenvalue weighted by Crippen LogP contribution is 2.27. The zero-order valence-electron chi connectivity index (χ0n) is 10.1. The van der Waals surface area contributed by atoms with Gasteiger partial charge in [-0.25, -0.2) is 9.97 Å². The van der Waals surface area contributed by atoms with Crippen molar-refractivity contribution in [2.45, 2.75) is 37.1 Å². The quantitative estimate of drug-likeness (QED) is 0.906. The fourth-order valence-electron chi connectivity index (χ4n) is 1.34. The van der Waals surface area contributed by atoms with E-state index in [-0.39, 0.29) is 6.04 Å². The molecule has 0 radical (unpaired) electrons. The van der Waals surface area contributed by atoms with E-state index in [2.05, 4.69) is 9.97 Å². The van der Waals surface area contributed by atoms with Crippen molar-refractivity contribution in [2.75, 3.05) is 0 Å². The molecule has 2 aromatic heterocycles. The van der Waals surface area contributed by atoms with Crippen LogP contribution < -0.4 is 5.73 Å². The highest BCUT2D eigenvalue weighted by Gasteiger charge is 2.09. The molecule has 0 unspecified atom stereocenters. The smallest absolute Gasteiger partial charge is 0.262 e. The zero-order valence-corrected chi connectivity index (χ0v) is 10.9. The van der Waals surface area contributed by atoms with E-state index in [0.717, 1.165) is 22.0 Å². The molecule has 2 N–H and O–H groups in total. The van der Waals surface area contributed by atoms with E-state index in [9.17, 15) is 0 Å². The summed E-state index contributed by atoms with van der Waals surface area (Å²) in [7, 11) is 0. The number of aromatic nitrogens is 2. The average molecular weight is 249 g/mol. The Balaban J connectivity index is 2.21. The summed E-state index contributed by atoms with van der Waals surface area (Å²) < 4.78 is 5.50. The van der Waals surface area contributed by atoms with Gasteiger partial charge in [0.05, 0.1) is 5.69 Å². The third-order valence-corrected chi connectivity index (χ3v) is 3.27. The second-order valence-electron chi connectivity index (χ2n) is 3.94. The number of hydrogen-bond acceptors (Lipinski definition) is 5. The zero-order chi connectivity index (χ0) is 12.4. The first-order chi connectivity index (χ1) is 8.06. The SMILES string of the molecule is Cc1nc(Sc2cc([C@H](C)N)ccn2)oc1C. The number of hydrogen-bond donors (Lipinski definition) is 1. The molecule has 0 spiro atoms. The van der Waals surface area contributed by atoms with E-state index in [1.165, 1.54) is 11.8 Å². The number of rotatable bonds is 3. The highest BCUT2D eigenvalue weighted by molar-refractivity contribution is 7.99. The minimum atomic E-state index is 0.00498. The van der Waals surface area contributed by atoms with E-state index in [0.29, 0.717) is 5.22 Å². The summed E-state index contributed by atoms with van der Waals surface area (Å²) in [4.78, 5) is 8.57. The molecular formula is C12H15N3OS. The predicted molar refractivity (Wildman–Crippen MR) is 66.9 cm³/mol. The molecule has 90 valence electrons. The Labute approximate surface area is 105 Å². The Morgan fingerprint density at radius 1 is 1.41 bits per heavy atom. The topological polar surface area (TPSA) is 64.9 Å². The van der Waals surface area contributed by atoms with Gasteiger partial charge in [-0.2, -0.15) is 0 Å². The minimum Gasteiger partial charge on any atom is -0.436 e. The third-order valence-electron chi connectivity index (χ3n) is 2.49. The van der Waals surface area contributed by atoms with Crippen LogP contribution in [-0.4, -0.2) is 9.97 Å². The third kappa shape index (κ3) is 2.87. The van der Waals surface area contributed by atoms with Gasteiger partial charge in [0.1, 0.15) is 10.8 Å². The Morgan fingerprint density at radius 3 is 2.76 bits per heavy atom. The standard InChI is InChI=1S/C12H15N3OS/c1-7(13)10-4-5-14-11(6-10)17-12-15-8(2)9(3)16-12/h4-7H,13H2,1-3H3/t7-/m0/s1. The maximum Gasteiger partial charge on any atom is 0.262 e. The van der Waals surface area contributed by atoms with Crippen molar-refractivity contribution >= 4 is 11.8 Å². The van der Waals surface area contributed by atoms with Crippen molar-refractivity contribution in [2.24, 2.45) is 5.73 Å². The fourth-order valence-corrected chi connectivity index (χ4v) is 2.18. The molecule has 0 saturated heterocycles. The van der Waals surface area contributed by atoms with Crippen LogP contribution in [0.5, 0.6) is 0 Å². The molecule has 0 aliphatic heterocycles. The summed E-state index contributed by atoms with van der Waals surface area (Å²) >= 11 is 1.41. The largest absolute Gasteiger partial charge is 0.436 e. The summed E-state index contributed by atoms with van der Waals surface area (Å²) in [5.74, 6) is 0.843. The van der Waals surface area contributed by atoms with Crippen molar-refractivity contribution in [1.82, 2.24) is 9.97 Å². The Morgan fingerprint density at radius 2 is 2.18 bits per heavy atom. The molecule has 2 aromatic rings. The van der Waals surface area contributed by atoms with Gasteiger partial charge in [0.15, 0.2) is 0 Å². The minimum absolute atomic E-state index is 0.00498. The van der Waals surface area contributed by atoms with E-state index in [1.54, 1.807) is 6.20 Å². The lowest BCUT2D eigenvalue weighted by Crippen LogP contribution is -2.04. The first kappa shape index (κ1) is 12.1. The molecule has 0 aliphatic rings. The summed E-state index contributed by atoms with van der Waals surface area (Å²) in [5, 5.41) is 1.47. The first-order valence-corrected chi connectivity index (χ1v) is 6.21. The van der Waals surface area contributed by atoms with E-state index >= 15 is 0 Å². The number of aryl methyl sites for hydroxylation is 2. The summed E-state index contributed by atoms with van der Waals surface area (Å²) in [6.07, 6.45) is 1.75. The molecule has 0 fully saturated rings. The molecule has 1 atom stereocenters. The maximum absolute atomic E-state index is 5.83. The average Bonchev–Trinajstić information content (AvgIpc) is 2.58. The van der Waals surface area contributed by atoms with Gasteiger partial charge in [-0.3, -0.25) is 0 Å². The van der Waals surface area contributed by atoms with Crippen LogP contribution in [0.25, 0.3) is 0 Å². The van der Waals surface area contributed by atoms with Crippen molar-refractivity contribution in [1.29, 1.82) is 0 Å². The van der Waals surface area contributed by atoms with Gasteiger partial charge in [-0.1, -0.05) is 0 Å². The number of oxazole rings is 1. The summed E-state index contributed by atoms with van der Waals surface area (Å²) in [6, 6.07) is 3.88. The normalized spacial score (nSPS) is 12.7. The molecule has 17 heavy (non-hydrogen) atoms. The van der Waals surface area contributed by atoms with Crippen LogP contribution in [0.3, 0.4) is 0 Å². The Bertz CT molecular complexity index is 503. The molecule has 0 aromatic carbocycles. The Kier molecular flexibility index (Phi) is 3.49. The lowest BCUT2D eigenvalue weighted by atomic mass is 10.1. The highest BCUT2D eigenvalue weighted by atomic mass is 32.2. The molecule has 0 bridgehead atoms. The first-order valence-electron chi connectivity index (χ1n) is 5.39. The van der Waals surface area contributed by atoms with Crippen LogP contribution in [0.15, 0.2) is 33.0 Å². The van der Waals surface area contributed by atoms with E-state index in [1.807, 2.05) is 32.9 Å². The van der Waals surface area contributed by atoms with Gasteiger partial charge in [-0.15, -0.1) is 0 Å². The monoisotopic (exact) mass is 249 g/mol. The summed E-state index contributed by atoms with van der Waals surface area (Å²) in [5.41, 5.74) is 7.80. The predicted octanol–water partition coefficient (Wildman–Crippen LogP) is 2.86. The molecule has 0 aliphatic carbocycles. The van der Waals surface area contributed by atoms with Gasteiger partial charge in [0.2, 0.25) is 0 Å². The van der Waals surface area contributed by atoms with Gasteiger partial charge in [0, 0.05) is 12.2 Å². The van der Waals surface area contributed by atoms with Crippen molar-refractivity contribution in [3.05, 3.63) is 35.3 Å². The van der Waals surface area contributed by atoms with Crippen LogP contribution in [0, 0.1) is 13.8 Å². The van der Waals surface area contributed by atoms with Crippen molar-refractivity contribution in [3.8, 4) is 0 Å². The van der Waals surface area contributed by atoms with Crippen molar-refractivity contribution < 1.29 is 4.42 Å². The van der Waals surface area contributed by atoms with Gasteiger partial charge in [-0.05, 0) is 50.2 Å². The lowest BCUT2D eigenvalue weighted by Gasteiger charge is -2.05. The molecule has 4 nitrogen and oxygen atoms in total. The summed E-state index contributed by atoms with van der Waals surface area (Å²) in [6.45, 7) is 5.77. The lowest BCUT2D eigenvalue weighted by molar-refractivity contribution is 0.431. The Hall–Kier alpha value is -1.33. The van der Waals surface area contributed by atoms with Gasteiger partial charge >= 0.3 is 0 Å². The van der Waals surface area contributed by atoms with E-state index in [4.69, 9.17) is 10.2 Å². The van der Waals surface area contributed by atoms with Crippen LogP contribution in [0.2, 0.25) is 0 Å². The molecule has 2 rings (SSSR count). The van der Waals surface area contributed by atoms with Crippen molar-refractivity contribution in [3.63, 3.8) is 0 Å². The number of nitrogens with two attached hydrogens (primary N) is 1. The van der Waals surface area contributed by atoms with E-state index < -0.39 is 0 Å². The fraction of sp³-hybridized carbons (Fsp3) is 0.333. The second-order valence-corrected chi connectivity index (χ2v) is 4.91. The molecular weight excluding hydrogens is 234 g/mol. The molecule has 5 heteroatoms. The number of nitrogens with zero attached hydrogens (tertiary/aromatic N) is 2. The second kappa shape index (κ2) is 4.89. The molecule has 0 amide bonds. The van der Waals surface area contributed by atoms with Crippen LogP contribution in [0.1, 0.15) is 30.0 Å². The van der Waals surface area contributed by atoms with Gasteiger partial charge in [0.25, 0.3) is 5.22 Å². The molecule has 0 saturated carbocycles. The number of pyridine rings is 1. The van der Waals surface area contributed by atoms with Crippen LogP contribution in [0.4, 0.5) is 0 Å². The maximum atomic E-state index is 5.83. The van der Waals surface area contributed by atoms with Crippen LogP contribution >= 0.6 is 11.8 Å². The molecule has 2 heterocycles.